The minimum absolute atomic E-state index is 0.155. The van der Waals surface area contributed by atoms with Crippen molar-refractivity contribution >= 4 is 23.2 Å². The van der Waals surface area contributed by atoms with Gasteiger partial charge in [0.2, 0.25) is 0 Å². The molecule has 0 aliphatic rings. The number of anilines is 1. The smallest absolute Gasteiger partial charge is 0.261 e. The van der Waals surface area contributed by atoms with Gasteiger partial charge in [-0.15, -0.1) is 11.6 Å². The molecule has 7 nitrogen and oxygen atoms in total. The molecule has 2 rings (SSSR count). The number of alkyl halides is 1. The van der Waals surface area contributed by atoms with Crippen molar-refractivity contribution < 1.29 is 4.79 Å². The van der Waals surface area contributed by atoms with E-state index in [-0.39, 0.29) is 17.9 Å². The van der Waals surface area contributed by atoms with E-state index in [1.807, 2.05) is 20.8 Å². The summed E-state index contributed by atoms with van der Waals surface area (Å²) in [6, 6.07) is 3.85. The van der Waals surface area contributed by atoms with Crippen LogP contribution in [0.2, 0.25) is 0 Å². The van der Waals surface area contributed by atoms with Crippen LogP contribution in [0.25, 0.3) is 0 Å². The number of hydrogen-bond donors (Lipinski definition) is 0. The van der Waals surface area contributed by atoms with Crippen LogP contribution >= 0.6 is 11.6 Å². The second-order valence-electron chi connectivity index (χ2n) is 5.69. The Hall–Kier alpha value is -2.46. The third-order valence-electron chi connectivity index (χ3n) is 4.27. The molecule has 0 bridgehead atoms. The van der Waals surface area contributed by atoms with Crippen molar-refractivity contribution in [2.45, 2.75) is 33.2 Å². The van der Waals surface area contributed by atoms with Crippen molar-refractivity contribution in [2.24, 2.45) is 5.92 Å². The van der Waals surface area contributed by atoms with Crippen molar-refractivity contribution in [3.05, 3.63) is 35.9 Å². The average molecular weight is 361 g/mol. The molecule has 0 spiro atoms. The Balaban J connectivity index is 2.31. The Morgan fingerprint density at radius 1 is 1.44 bits per heavy atom. The molecular weight excluding hydrogens is 340 g/mol. The number of halogens is 1. The number of rotatable bonds is 7. The molecule has 0 aliphatic carbocycles. The maximum atomic E-state index is 12.9. The van der Waals surface area contributed by atoms with E-state index in [0.29, 0.717) is 30.1 Å². The largest absolute Gasteiger partial charge is 0.307 e. The van der Waals surface area contributed by atoms with Crippen LogP contribution in [0.3, 0.4) is 0 Å². The number of amides is 1. The van der Waals surface area contributed by atoms with Crippen LogP contribution in [-0.4, -0.2) is 38.3 Å². The first-order valence-corrected chi connectivity index (χ1v) is 8.66. The zero-order valence-electron chi connectivity index (χ0n) is 14.6. The average Bonchev–Trinajstić information content (AvgIpc) is 3.02. The number of carbonyl (C=O) groups excluding carboxylic acids is 1. The Morgan fingerprint density at radius 2 is 2.20 bits per heavy atom. The zero-order valence-corrected chi connectivity index (χ0v) is 15.3. The first kappa shape index (κ1) is 18.9. The number of nitrogens with zero attached hydrogens (tertiary/aromatic N) is 6. The molecular formula is C17H21ClN6O. The van der Waals surface area contributed by atoms with Crippen molar-refractivity contribution in [3.63, 3.8) is 0 Å². The summed E-state index contributed by atoms with van der Waals surface area (Å²) >= 11 is 5.78. The van der Waals surface area contributed by atoms with Crippen LogP contribution in [-0.2, 0) is 0 Å². The van der Waals surface area contributed by atoms with E-state index >= 15 is 0 Å². The predicted octanol–water partition coefficient (Wildman–Crippen LogP) is 2.98. The Kier molecular flexibility index (Phi) is 6.48. The highest BCUT2D eigenvalue weighted by Crippen LogP contribution is 2.25. The van der Waals surface area contributed by atoms with Crippen LogP contribution in [0, 0.1) is 24.2 Å². The maximum Gasteiger partial charge on any atom is 0.261 e. The second kappa shape index (κ2) is 8.58. The lowest BCUT2D eigenvalue weighted by Crippen LogP contribution is -2.31. The van der Waals surface area contributed by atoms with Gasteiger partial charge in [-0.3, -0.25) is 9.48 Å². The van der Waals surface area contributed by atoms with Crippen LogP contribution < -0.4 is 4.90 Å². The molecule has 0 N–H and O–H groups in total. The summed E-state index contributed by atoms with van der Waals surface area (Å²) in [5, 5.41) is 21.2. The lowest BCUT2D eigenvalue weighted by atomic mass is 10.00. The molecule has 2 heterocycles. The summed E-state index contributed by atoms with van der Waals surface area (Å²) in [7, 11) is 0. The van der Waals surface area contributed by atoms with Gasteiger partial charge in [-0.05, 0) is 33.3 Å². The highest BCUT2D eigenvalue weighted by atomic mass is 35.5. The first-order chi connectivity index (χ1) is 12.0. The molecule has 0 radical (unpaired) electrons. The fraction of sp³-hybridized carbons (Fsp3) is 0.471. The van der Waals surface area contributed by atoms with Gasteiger partial charge < -0.3 is 4.90 Å². The summed E-state index contributed by atoms with van der Waals surface area (Å²) in [6.45, 7) is 6.15. The van der Waals surface area contributed by atoms with Gasteiger partial charge >= 0.3 is 0 Å². The van der Waals surface area contributed by atoms with Crippen molar-refractivity contribution in [2.75, 3.05) is 17.3 Å². The topological polar surface area (TPSA) is 87.7 Å². The third-order valence-corrected chi connectivity index (χ3v) is 4.49. The van der Waals surface area contributed by atoms with Gasteiger partial charge in [0.15, 0.2) is 0 Å². The summed E-state index contributed by atoms with van der Waals surface area (Å²) in [5.41, 5.74) is 1.92. The molecule has 132 valence electrons. The molecule has 0 aromatic carbocycles. The van der Waals surface area contributed by atoms with E-state index in [2.05, 4.69) is 21.4 Å². The Morgan fingerprint density at radius 3 is 2.76 bits per heavy atom. The van der Waals surface area contributed by atoms with Crippen molar-refractivity contribution in [3.8, 4) is 6.07 Å². The molecule has 0 aliphatic heterocycles. The lowest BCUT2D eigenvalue weighted by molar-refractivity contribution is 0.0987. The second-order valence-corrected chi connectivity index (χ2v) is 6.07. The van der Waals surface area contributed by atoms with E-state index in [4.69, 9.17) is 11.6 Å². The molecule has 0 fully saturated rings. The number of hydrogen-bond acceptors (Lipinski definition) is 5. The minimum Gasteiger partial charge on any atom is -0.307 e. The normalized spacial score (nSPS) is 13.1. The molecule has 25 heavy (non-hydrogen) atoms. The first-order valence-electron chi connectivity index (χ1n) is 8.13. The van der Waals surface area contributed by atoms with Crippen LogP contribution in [0.15, 0.2) is 24.7 Å². The quantitative estimate of drug-likeness (QED) is 0.708. The summed E-state index contributed by atoms with van der Waals surface area (Å²) in [5.74, 6) is -0.00382. The third kappa shape index (κ3) is 3.97. The zero-order chi connectivity index (χ0) is 18.4. The molecule has 0 saturated heterocycles. The highest BCUT2D eigenvalue weighted by Gasteiger charge is 2.25. The van der Waals surface area contributed by atoms with Gasteiger partial charge in [-0.25, -0.2) is 0 Å². The fourth-order valence-electron chi connectivity index (χ4n) is 2.78. The number of aromatic nitrogens is 4. The molecule has 8 heteroatoms. The minimum atomic E-state index is -0.259. The lowest BCUT2D eigenvalue weighted by Gasteiger charge is -2.21. The number of carbonyl (C=O) groups is 1. The summed E-state index contributed by atoms with van der Waals surface area (Å²) in [6.07, 6.45) is 5.23. The number of nitriles is 1. The maximum absolute atomic E-state index is 12.9. The molecule has 2 atom stereocenters. The summed E-state index contributed by atoms with van der Waals surface area (Å²) < 4.78 is 1.73. The van der Waals surface area contributed by atoms with E-state index in [9.17, 15) is 10.1 Å². The molecule has 1 amide bonds. The predicted molar refractivity (Wildman–Crippen MR) is 95.5 cm³/mol. The SMILES string of the molecule is CCN(C(=O)c1cnn(C(C)C(C#N)CCCl)c1C)c1ccnnc1. The van der Waals surface area contributed by atoms with Crippen molar-refractivity contribution in [1.82, 2.24) is 20.0 Å². The van der Waals surface area contributed by atoms with Crippen LogP contribution in [0.1, 0.15) is 42.4 Å². The highest BCUT2D eigenvalue weighted by molar-refractivity contribution is 6.17. The fourth-order valence-corrected chi connectivity index (χ4v) is 3.01. The Labute approximate surface area is 152 Å². The molecule has 2 unspecified atom stereocenters. The van der Waals surface area contributed by atoms with E-state index in [0.717, 1.165) is 5.69 Å². The molecule has 0 saturated carbocycles. The van der Waals surface area contributed by atoms with Crippen LogP contribution in [0.4, 0.5) is 5.69 Å². The van der Waals surface area contributed by atoms with Gasteiger partial charge in [0.05, 0.1) is 47.9 Å². The van der Waals surface area contributed by atoms with Gasteiger partial charge in [0, 0.05) is 18.1 Å². The monoisotopic (exact) mass is 360 g/mol. The van der Waals surface area contributed by atoms with E-state index in [1.54, 1.807) is 34.2 Å². The van der Waals surface area contributed by atoms with E-state index < -0.39 is 0 Å². The standard InChI is InChI=1S/C17H21ClN6O/c1-4-23(15-6-8-20-21-10-15)17(25)16-11-22-24(13(16)3)12(2)14(9-19)5-7-18/h6,8,10-12,14H,4-5,7H2,1-3H3. The van der Waals surface area contributed by atoms with Crippen LogP contribution in [0.5, 0.6) is 0 Å². The van der Waals surface area contributed by atoms with E-state index in [1.165, 1.54) is 0 Å². The van der Waals surface area contributed by atoms with Gasteiger partial charge in [0.25, 0.3) is 5.91 Å². The Bertz CT molecular complexity index is 754. The summed E-state index contributed by atoms with van der Waals surface area (Å²) in [4.78, 5) is 14.6. The molecule has 2 aromatic heterocycles. The van der Waals surface area contributed by atoms with Gasteiger partial charge in [-0.1, -0.05) is 0 Å². The van der Waals surface area contributed by atoms with Gasteiger partial charge in [-0.2, -0.15) is 20.6 Å². The molecule has 2 aromatic rings. The van der Waals surface area contributed by atoms with Gasteiger partial charge in [0.1, 0.15) is 0 Å². The van der Waals surface area contributed by atoms with Crippen molar-refractivity contribution in [1.29, 1.82) is 5.26 Å².